The molecule has 3 aromatic rings. The number of benzene rings is 2. The lowest BCUT2D eigenvalue weighted by Crippen LogP contribution is -2.42. The van der Waals surface area contributed by atoms with E-state index in [1.807, 2.05) is 30.3 Å². The number of amides is 2. The van der Waals surface area contributed by atoms with Gasteiger partial charge >= 0.3 is 0 Å². The number of rotatable bonds is 6. The Balaban J connectivity index is 1.21. The highest BCUT2D eigenvalue weighted by atomic mass is 35.5. The number of pyridine rings is 1. The van der Waals surface area contributed by atoms with E-state index in [-0.39, 0.29) is 18.4 Å². The van der Waals surface area contributed by atoms with Gasteiger partial charge in [0.2, 0.25) is 5.91 Å². The van der Waals surface area contributed by atoms with Gasteiger partial charge < -0.3 is 20.0 Å². The van der Waals surface area contributed by atoms with E-state index < -0.39 is 0 Å². The molecule has 3 aliphatic heterocycles. The van der Waals surface area contributed by atoms with Crippen molar-refractivity contribution in [2.45, 2.75) is 38.3 Å². The SMILES string of the molecule is O=C1CNc2ncc(-c3ccc(C(=O)N4CCC[C@H]4CN4CCCC4)cc3)cc2N1Cc1cc(Cl)ccc1Cl. The zero-order valence-electron chi connectivity index (χ0n) is 21.7. The van der Waals surface area contributed by atoms with Gasteiger partial charge in [0.05, 0.1) is 18.8 Å². The number of carbonyl (C=O) groups is 2. The molecule has 39 heavy (non-hydrogen) atoms. The molecule has 2 aromatic carbocycles. The molecule has 2 fully saturated rings. The highest BCUT2D eigenvalue weighted by Gasteiger charge is 2.31. The molecule has 4 heterocycles. The Hall–Kier alpha value is -3.13. The fraction of sp³-hybridized carbons (Fsp3) is 0.367. The van der Waals surface area contributed by atoms with E-state index in [1.165, 1.54) is 12.8 Å². The number of fused-ring (bicyclic) bond motifs is 1. The topological polar surface area (TPSA) is 68.8 Å². The molecule has 0 spiro atoms. The minimum absolute atomic E-state index is 0.0764. The second-order valence-corrected chi connectivity index (χ2v) is 11.4. The summed E-state index contributed by atoms with van der Waals surface area (Å²) in [6.45, 7) is 4.54. The zero-order valence-corrected chi connectivity index (χ0v) is 23.2. The summed E-state index contributed by atoms with van der Waals surface area (Å²) in [6.07, 6.45) is 6.44. The van der Waals surface area contributed by atoms with Crippen molar-refractivity contribution in [2.75, 3.05) is 42.9 Å². The summed E-state index contributed by atoms with van der Waals surface area (Å²) < 4.78 is 0. The second kappa shape index (κ2) is 11.2. The van der Waals surface area contributed by atoms with Crippen LogP contribution in [0.4, 0.5) is 11.5 Å². The third kappa shape index (κ3) is 5.49. The van der Waals surface area contributed by atoms with Gasteiger partial charge in [0.15, 0.2) is 5.82 Å². The van der Waals surface area contributed by atoms with Crippen LogP contribution in [0.25, 0.3) is 11.1 Å². The van der Waals surface area contributed by atoms with Gasteiger partial charge in [-0.15, -0.1) is 0 Å². The lowest BCUT2D eigenvalue weighted by molar-refractivity contribution is -0.117. The van der Waals surface area contributed by atoms with E-state index in [0.717, 1.165) is 55.7 Å². The number of nitrogens with zero attached hydrogens (tertiary/aromatic N) is 4. The lowest BCUT2D eigenvalue weighted by atomic mass is 10.0. The number of likely N-dealkylation sites (tertiary alicyclic amines) is 2. The Morgan fingerprint density at radius 3 is 2.56 bits per heavy atom. The molecule has 2 saturated heterocycles. The highest BCUT2D eigenvalue weighted by molar-refractivity contribution is 6.33. The molecule has 0 radical (unpaired) electrons. The van der Waals surface area contributed by atoms with Crippen molar-refractivity contribution in [1.82, 2.24) is 14.8 Å². The minimum Gasteiger partial charge on any atom is -0.359 e. The van der Waals surface area contributed by atoms with E-state index in [4.69, 9.17) is 23.2 Å². The third-order valence-electron chi connectivity index (χ3n) is 7.97. The van der Waals surface area contributed by atoms with Crippen LogP contribution in [0.5, 0.6) is 0 Å². The molecule has 6 rings (SSSR count). The Morgan fingerprint density at radius 2 is 1.77 bits per heavy atom. The smallest absolute Gasteiger partial charge is 0.254 e. The van der Waals surface area contributed by atoms with E-state index in [2.05, 4.69) is 20.1 Å². The van der Waals surface area contributed by atoms with Crippen LogP contribution in [0.3, 0.4) is 0 Å². The van der Waals surface area contributed by atoms with Gasteiger partial charge in [-0.25, -0.2) is 4.98 Å². The van der Waals surface area contributed by atoms with Gasteiger partial charge in [0.1, 0.15) is 0 Å². The molecule has 0 bridgehead atoms. The summed E-state index contributed by atoms with van der Waals surface area (Å²) >= 11 is 12.6. The first-order valence-electron chi connectivity index (χ1n) is 13.6. The molecule has 9 heteroatoms. The van der Waals surface area contributed by atoms with Crippen LogP contribution in [-0.2, 0) is 11.3 Å². The van der Waals surface area contributed by atoms with Crippen molar-refractivity contribution in [2.24, 2.45) is 0 Å². The first-order valence-corrected chi connectivity index (χ1v) is 14.3. The maximum atomic E-state index is 13.4. The van der Waals surface area contributed by atoms with Crippen molar-refractivity contribution in [3.8, 4) is 11.1 Å². The summed E-state index contributed by atoms with van der Waals surface area (Å²) in [5, 5.41) is 4.22. The molecule has 2 amide bonds. The zero-order chi connectivity index (χ0) is 26.9. The van der Waals surface area contributed by atoms with Crippen LogP contribution in [0.15, 0.2) is 54.7 Å². The quantitative estimate of drug-likeness (QED) is 0.415. The van der Waals surface area contributed by atoms with Crippen LogP contribution in [-0.4, -0.2) is 65.4 Å². The van der Waals surface area contributed by atoms with Crippen LogP contribution >= 0.6 is 23.2 Å². The maximum Gasteiger partial charge on any atom is 0.254 e. The maximum absolute atomic E-state index is 13.4. The normalized spacial score (nSPS) is 19.3. The number of halogens is 2. The van der Waals surface area contributed by atoms with Gasteiger partial charge in [0.25, 0.3) is 5.91 Å². The number of nitrogens with one attached hydrogen (secondary N) is 1. The van der Waals surface area contributed by atoms with Crippen LogP contribution in [0, 0.1) is 0 Å². The average molecular weight is 565 g/mol. The van der Waals surface area contributed by atoms with Gasteiger partial charge in [-0.3, -0.25) is 9.59 Å². The summed E-state index contributed by atoms with van der Waals surface area (Å²) in [7, 11) is 0. The van der Waals surface area contributed by atoms with Gasteiger partial charge in [-0.1, -0.05) is 35.3 Å². The molecular weight excluding hydrogens is 533 g/mol. The molecule has 202 valence electrons. The summed E-state index contributed by atoms with van der Waals surface area (Å²) in [4.78, 5) is 37.1. The first-order chi connectivity index (χ1) is 19.0. The second-order valence-electron chi connectivity index (χ2n) is 10.5. The fourth-order valence-electron chi connectivity index (χ4n) is 5.88. The highest BCUT2D eigenvalue weighted by Crippen LogP contribution is 2.35. The molecule has 0 aliphatic carbocycles. The van der Waals surface area contributed by atoms with E-state index in [1.54, 1.807) is 29.3 Å². The van der Waals surface area contributed by atoms with Crippen molar-refractivity contribution >= 4 is 46.5 Å². The van der Waals surface area contributed by atoms with Crippen molar-refractivity contribution in [1.29, 1.82) is 0 Å². The molecule has 1 atom stereocenters. The summed E-state index contributed by atoms with van der Waals surface area (Å²) in [5.41, 5.74) is 3.94. The molecule has 3 aliphatic rings. The number of aromatic nitrogens is 1. The van der Waals surface area contributed by atoms with Crippen LogP contribution in [0.2, 0.25) is 10.0 Å². The fourth-order valence-corrected chi connectivity index (χ4v) is 6.25. The number of hydrogen-bond acceptors (Lipinski definition) is 5. The molecular formula is C30H31Cl2N5O2. The first kappa shape index (κ1) is 26.1. The Labute approximate surface area is 238 Å². The predicted octanol–water partition coefficient (Wildman–Crippen LogP) is 5.71. The lowest BCUT2D eigenvalue weighted by Gasteiger charge is -2.30. The van der Waals surface area contributed by atoms with E-state index in [9.17, 15) is 9.59 Å². The molecule has 1 aromatic heterocycles. The molecule has 1 N–H and O–H groups in total. The van der Waals surface area contributed by atoms with Gasteiger partial charge in [-0.2, -0.15) is 0 Å². The van der Waals surface area contributed by atoms with E-state index in [0.29, 0.717) is 39.7 Å². The van der Waals surface area contributed by atoms with Crippen LogP contribution < -0.4 is 10.2 Å². The summed E-state index contributed by atoms with van der Waals surface area (Å²) in [6, 6.07) is 15.2. The average Bonchev–Trinajstić information content (AvgIpc) is 3.64. The van der Waals surface area contributed by atoms with Crippen molar-refractivity contribution < 1.29 is 9.59 Å². The Morgan fingerprint density at radius 1 is 0.974 bits per heavy atom. The minimum atomic E-state index is -0.0764. The molecule has 0 saturated carbocycles. The Bertz CT molecular complexity index is 1390. The number of hydrogen-bond donors (Lipinski definition) is 1. The van der Waals surface area contributed by atoms with E-state index >= 15 is 0 Å². The summed E-state index contributed by atoms with van der Waals surface area (Å²) in [5.74, 6) is 0.667. The van der Waals surface area contributed by atoms with Gasteiger partial charge in [-0.05, 0) is 86.3 Å². The largest absolute Gasteiger partial charge is 0.359 e. The monoisotopic (exact) mass is 563 g/mol. The Kier molecular flexibility index (Phi) is 7.47. The van der Waals surface area contributed by atoms with Crippen molar-refractivity contribution in [3.05, 3.63) is 75.9 Å². The number of anilines is 2. The van der Waals surface area contributed by atoms with Gasteiger partial charge in [0, 0.05) is 46.5 Å². The standard InChI is InChI=1S/C30H31Cl2N5O2/c31-24-9-10-26(32)23(14-24)18-37-27-15-22(16-33-29(27)34-17-28(37)38)20-5-7-21(8-6-20)30(39)36-13-3-4-25(36)19-35-11-1-2-12-35/h5-10,14-16,25H,1-4,11-13,17-19H2,(H,33,34)/t25-/m0/s1. The molecule has 0 unspecified atom stereocenters. The predicted molar refractivity (Wildman–Crippen MR) is 156 cm³/mol. The van der Waals surface area contributed by atoms with Crippen LogP contribution in [0.1, 0.15) is 41.6 Å². The van der Waals surface area contributed by atoms with Crippen molar-refractivity contribution in [3.63, 3.8) is 0 Å². The third-order valence-corrected chi connectivity index (χ3v) is 8.58. The number of carbonyl (C=O) groups excluding carboxylic acids is 2. The molecule has 7 nitrogen and oxygen atoms in total.